The number of benzene rings is 3. The number of carbonyl (C=O) groups is 6. The number of phenolic OH excluding ortho intramolecular Hbond substituents is 1. The number of hydrogen-bond acceptors (Lipinski definition) is 11. The van der Waals surface area contributed by atoms with E-state index >= 15 is 4.39 Å². The third-order valence-electron chi connectivity index (χ3n) is 8.59. The quantitative estimate of drug-likeness (QED) is 0.154. The van der Waals surface area contributed by atoms with Crippen molar-refractivity contribution < 1.29 is 46.7 Å². The zero-order valence-corrected chi connectivity index (χ0v) is 27.1. The summed E-state index contributed by atoms with van der Waals surface area (Å²) in [6, 6.07) is 8.91. The molecule has 2 saturated heterocycles. The van der Waals surface area contributed by atoms with Crippen molar-refractivity contribution in [2.45, 2.75) is 38.4 Å². The van der Waals surface area contributed by atoms with Gasteiger partial charge in [-0.3, -0.25) is 43.7 Å². The predicted molar refractivity (Wildman–Crippen MR) is 176 cm³/mol. The van der Waals surface area contributed by atoms with Gasteiger partial charge in [-0.1, -0.05) is 6.07 Å². The number of imide groups is 2. The van der Waals surface area contributed by atoms with Crippen LogP contribution in [0.2, 0.25) is 0 Å². The molecule has 0 bridgehead atoms. The Kier molecular flexibility index (Phi) is 8.13. The number of amides is 6. The molecule has 6 amide bonds. The minimum absolute atomic E-state index is 0.00202. The molecule has 4 heterocycles. The first-order chi connectivity index (χ1) is 24.3. The molecule has 3 aliphatic heterocycles. The van der Waals surface area contributed by atoms with Gasteiger partial charge in [0.2, 0.25) is 17.7 Å². The lowest BCUT2D eigenvalue weighted by atomic mass is 10.0. The Morgan fingerprint density at radius 1 is 1.06 bits per heavy atom. The minimum Gasteiger partial charge on any atom is -0.506 e. The molecule has 51 heavy (non-hydrogen) atoms. The van der Waals surface area contributed by atoms with Gasteiger partial charge in [-0.25, -0.2) is 13.4 Å². The summed E-state index contributed by atoms with van der Waals surface area (Å²) in [7, 11) is -4.36. The number of nitrogens with zero attached hydrogens (tertiary/aromatic N) is 4. The summed E-state index contributed by atoms with van der Waals surface area (Å²) in [6.45, 7) is -0.295. The molecule has 1 aromatic heterocycles. The second-order valence-corrected chi connectivity index (χ2v) is 13.6. The maximum absolute atomic E-state index is 15.3. The van der Waals surface area contributed by atoms with Gasteiger partial charge in [0, 0.05) is 54.5 Å². The number of carbonyl (C=O) groups excluding carboxylic acids is 6. The predicted octanol–water partition coefficient (Wildman–Crippen LogP) is 1.10. The SMILES string of the molecule is O=C1CCC(N2C(=O)c3cccc(NCc4cnn(CCC(=O)Nc5ccc6c(F)c(N7CC(=O)NS7(=O)=O)c(O)cc6c5)c4)c3C2=O)C(=O)N1. The first-order valence-corrected chi connectivity index (χ1v) is 16.9. The van der Waals surface area contributed by atoms with Crippen LogP contribution in [0.25, 0.3) is 10.8 Å². The van der Waals surface area contributed by atoms with Crippen LogP contribution in [0.4, 0.5) is 21.5 Å². The fourth-order valence-corrected chi connectivity index (χ4v) is 7.38. The molecule has 0 radical (unpaired) electrons. The van der Waals surface area contributed by atoms with Gasteiger partial charge >= 0.3 is 10.2 Å². The lowest BCUT2D eigenvalue weighted by Gasteiger charge is -2.27. The van der Waals surface area contributed by atoms with Crippen LogP contribution >= 0.6 is 0 Å². The highest BCUT2D eigenvalue weighted by molar-refractivity contribution is 7.92. The molecule has 2 fully saturated rings. The smallest absolute Gasteiger partial charge is 0.326 e. The molecule has 1 atom stereocenters. The molecule has 3 aliphatic rings. The number of aryl methyl sites for hydroxylation is 1. The van der Waals surface area contributed by atoms with E-state index in [1.54, 1.807) is 29.2 Å². The molecule has 3 aromatic carbocycles. The topological polar surface area (TPSA) is 229 Å². The third kappa shape index (κ3) is 6.07. The van der Waals surface area contributed by atoms with Crippen molar-refractivity contribution in [3.05, 3.63) is 77.4 Å². The highest BCUT2D eigenvalue weighted by Crippen LogP contribution is 2.39. The summed E-state index contributed by atoms with van der Waals surface area (Å²) < 4.78 is 43.4. The number of phenols is 1. The van der Waals surface area contributed by atoms with Crippen LogP contribution in [0.5, 0.6) is 5.75 Å². The monoisotopic (exact) mass is 718 g/mol. The Bertz CT molecular complexity index is 2330. The Labute approximate surface area is 287 Å². The highest BCUT2D eigenvalue weighted by Gasteiger charge is 2.45. The fraction of sp³-hybridized carbons (Fsp3) is 0.219. The van der Waals surface area contributed by atoms with Gasteiger partial charge in [0.05, 0.1) is 17.3 Å². The van der Waals surface area contributed by atoms with Gasteiger partial charge in [0.15, 0.2) is 5.82 Å². The van der Waals surface area contributed by atoms with Gasteiger partial charge in [-0.05, 0) is 48.2 Å². The lowest BCUT2D eigenvalue weighted by Crippen LogP contribution is -2.54. The second-order valence-electron chi connectivity index (χ2n) is 12.0. The fourth-order valence-electron chi connectivity index (χ4n) is 6.22. The zero-order chi connectivity index (χ0) is 36.2. The molecular formula is C32H27FN8O9S. The number of anilines is 3. The Morgan fingerprint density at radius 2 is 1.86 bits per heavy atom. The van der Waals surface area contributed by atoms with Crippen molar-refractivity contribution in [3.8, 4) is 5.75 Å². The van der Waals surface area contributed by atoms with Gasteiger partial charge in [0.25, 0.3) is 17.7 Å². The van der Waals surface area contributed by atoms with E-state index in [1.165, 1.54) is 28.9 Å². The van der Waals surface area contributed by atoms with E-state index < -0.39 is 75.5 Å². The first kappa shape index (κ1) is 33.1. The van der Waals surface area contributed by atoms with E-state index in [1.807, 2.05) is 0 Å². The van der Waals surface area contributed by atoms with Crippen LogP contribution in [-0.4, -0.2) is 76.2 Å². The highest BCUT2D eigenvalue weighted by atomic mass is 32.2. The molecule has 1 unspecified atom stereocenters. The third-order valence-corrected chi connectivity index (χ3v) is 9.97. The van der Waals surface area contributed by atoms with Gasteiger partial charge < -0.3 is 15.7 Å². The van der Waals surface area contributed by atoms with Crippen molar-refractivity contribution in [2.24, 2.45) is 0 Å². The van der Waals surface area contributed by atoms with E-state index in [9.17, 15) is 42.3 Å². The first-order valence-electron chi connectivity index (χ1n) is 15.5. The summed E-state index contributed by atoms with van der Waals surface area (Å²) in [6.07, 6.45) is 3.31. The molecule has 5 N–H and O–H groups in total. The summed E-state index contributed by atoms with van der Waals surface area (Å²) in [5.74, 6) is -5.46. The zero-order valence-electron chi connectivity index (χ0n) is 26.3. The van der Waals surface area contributed by atoms with Crippen LogP contribution < -0.4 is 25.0 Å². The van der Waals surface area contributed by atoms with Crippen LogP contribution in [0, 0.1) is 5.82 Å². The average molecular weight is 719 g/mol. The largest absolute Gasteiger partial charge is 0.506 e. The Hall–Kier alpha value is -6.37. The van der Waals surface area contributed by atoms with E-state index in [0.29, 0.717) is 15.6 Å². The molecule has 4 aromatic rings. The van der Waals surface area contributed by atoms with Crippen molar-refractivity contribution in [1.82, 2.24) is 24.7 Å². The van der Waals surface area contributed by atoms with Crippen molar-refractivity contribution in [2.75, 3.05) is 21.5 Å². The molecular weight excluding hydrogens is 691 g/mol. The molecule has 0 spiro atoms. The number of nitrogens with one attached hydrogen (secondary N) is 4. The van der Waals surface area contributed by atoms with E-state index in [2.05, 4.69) is 21.0 Å². The number of fused-ring (bicyclic) bond motifs is 2. The van der Waals surface area contributed by atoms with Crippen LogP contribution in [-0.2, 0) is 42.5 Å². The number of rotatable bonds is 9. The number of aromatic hydroxyl groups is 1. The van der Waals surface area contributed by atoms with Gasteiger partial charge in [0.1, 0.15) is 24.0 Å². The summed E-state index contributed by atoms with van der Waals surface area (Å²) in [5, 5.41) is 22.8. The molecule has 17 nitrogen and oxygen atoms in total. The normalized spacial score (nSPS) is 18.2. The van der Waals surface area contributed by atoms with Crippen LogP contribution in [0.1, 0.15) is 45.5 Å². The van der Waals surface area contributed by atoms with Crippen molar-refractivity contribution >= 4 is 73.5 Å². The Balaban J connectivity index is 0.963. The van der Waals surface area contributed by atoms with Crippen LogP contribution in [0.3, 0.4) is 0 Å². The summed E-state index contributed by atoms with van der Waals surface area (Å²) in [4.78, 5) is 75.6. The van der Waals surface area contributed by atoms with Crippen molar-refractivity contribution in [1.29, 1.82) is 0 Å². The summed E-state index contributed by atoms with van der Waals surface area (Å²) in [5.41, 5.74) is 0.956. The summed E-state index contributed by atoms with van der Waals surface area (Å²) >= 11 is 0. The minimum atomic E-state index is -4.36. The van der Waals surface area contributed by atoms with E-state index in [4.69, 9.17) is 0 Å². The van der Waals surface area contributed by atoms with Gasteiger partial charge in [-0.15, -0.1) is 0 Å². The number of aromatic nitrogens is 2. The maximum Gasteiger partial charge on any atom is 0.326 e. The lowest BCUT2D eigenvalue weighted by molar-refractivity contribution is -0.136. The number of hydrogen-bond donors (Lipinski definition) is 5. The van der Waals surface area contributed by atoms with E-state index in [0.717, 1.165) is 11.0 Å². The molecule has 262 valence electrons. The number of halogens is 1. The molecule has 0 saturated carbocycles. The average Bonchev–Trinajstić information content (AvgIpc) is 3.72. The Morgan fingerprint density at radius 3 is 2.61 bits per heavy atom. The molecule has 7 rings (SSSR count). The second kappa shape index (κ2) is 12.5. The van der Waals surface area contributed by atoms with Gasteiger partial charge in [-0.2, -0.15) is 13.5 Å². The molecule has 19 heteroatoms. The standard InChI is InChI=1S/C32H27FN8O9S/c33-28-19-5-4-18(10-17(19)11-23(42)29(28)40-15-26(45)38-51(40,49)50)36-25(44)8-9-39-14-16(13-35-39)12-34-21-3-1-2-20-27(21)32(48)41(31(20)47)22-6-7-24(43)37-30(22)46/h1-5,10-11,13-14,22,34,42H,6-9,12,15H2,(H,36,44)(H,38,45)(H,37,43,46). The number of piperidine rings is 1. The van der Waals surface area contributed by atoms with E-state index in [-0.39, 0.29) is 59.9 Å². The maximum atomic E-state index is 15.3. The van der Waals surface area contributed by atoms with Crippen molar-refractivity contribution in [3.63, 3.8) is 0 Å². The molecule has 0 aliphatic carbocycles. The van der Waals surface area contributed by atoms with Crippen LogP contribution in [0.15, 0.2) is 54.9 Å².